The Kier molecular flexibility index (Phi) is 3.83. The second kappa shape index (κ2) is 5.62. The van der Waals surface area contributed by atoms with Crippen LogP contribution in [0.25, 0.3) is 0 Å². The minimum atomic E-state index is -0.461. The Labute approximate surface area is 132 Å². The molecule has 1 aliphatic heterocycles. The summed E-state index contributed by atoms with van der Waals surface area (Å²) in [6, 6.07) is 15.5. The molecule has 2 atom stereocenters. The molecular formula is C17H17BrN2O. The van der Waals surface area contributed by atoms with Gasteiger partial charge in [0.1, 0.15) is 6.04 Å². The molecule has 2 aromatic rings. The third-order valence-electron chi connectivity index (χ3n) is 3.98. The van der Waals surface area contributed by atoms with E-state index in [1.54, 1.807) is 4.90 Å². The van der Waals surface area contributed by atoms with Crippen LogP contribution in [0.5, 0.6) is 0 Å². The molecular weight excluding hydrogens is 328 g/mol. The van der Waals surface area contributed by atoms with Crippen molar-refractivity contribution in [2.75, 3.05) is 4.90 Å². The second-order valence-corrected chi connectivity index (χ2v) is 6.17. The Morgan fingerprint density at radius 2 is 1.71 bits per heavy atom. The predicted molar refractivity (Wildman–Crippen MR) is 88.2 cm³/mol. The van der Waals surface area contributed by atoms with Crippen LogP contribution in [-0.2, 0) is 11.2 Å². The molecule has 1 saturated heterocycles. The van der Waals surface area contributed by atoms with E-state index in [1.165, 1.54) is 5.56 Å². The Morgan fingerprint density at radius 1 is 1.10 bits per heavy atom. The van der Waals surface area contributed by atoms with Crippen molar-refractivity contribution in [3.8, 4) is 0 Å². The van der Waals surface area contributed by atoms with Crippen molar-refractivity contribution >= 4 is 27.5 Å². The fourth-order valence-electron chi connectivity index (χ4n) is 2.71. The number of carbonyl (C=O) groups excluding carboxylic acids is 1. The topological polar surface area (TPSA) is 46.3 Å². The molecule has 1 aliphatic rings. The first kappa shape index (κ1) is 14.3. The van der Waals surface area contributed by atoms with Crippen molar-refractivity contribution in [1.82, 2.24) is 0 Å². The van der Waals surface area contributed by atoms with Gasteiger partial charge in [-0.3, -0.25) is 4.79 Å². The highest BCUT2D eigenvalue weighted by Crippen LogP contribution is 2.38. The molecule has 0 aliphatic carbocycles. The Bertz CT molecular complexity index is 651. The van der Waals surface area contributed by atoms with Crippen LogP contribution in [0.1, 0.15) is 24.1 Å². The van der Waals surface area contributed by atoms with E-state index in [2.05, 4.69) is 35.0 Å². The summed E-state index contributed by atoms with van der Waals surface area (Å²) in [7, 11) is 0. The van der Waals surface area contributed by atoms with E-state index in [9.17, 15) is 4.79 Å². The van der Waals surface area contributed by atoms with Gasteiger partial charge in [-0.2, -0.15) is 0 Å². The van der Waals surface area contributed by atoms with Crippen LogP contribution in [0.4, 0.5) is 5.69 Å². The Hall–Kier alpha value is -1.65. The zero-order chi connectivity index (χ0) is 15.0. The normalized spacial score (nSPS) is 21.3. The van der Waals surface area contributed by atoms with Crippen LogP contribution in [-0.4, -0.2) is 11.9 Å². The number of anilines is 1. The van der Waals surface area contributed by atoms with Crippen molar-refractivity contribution in [3.63, 3.8) is 0 Å². The molecule has 2 aromatic carbocycles. The first-order chi connectivity index (χ1) is 10.1. The molecule has 21 heavy (non-hydrogen) atoms. The first-order valence-electron chi connectivity index (χ1n) is 7.05. The minimum absolute atomic E-state index is 0.0211. The number of rotatable bonds is 3. The third-order valence-corrected chi connectivity index (χ3v) is 4.50. The van der Waals surface area contributed by atoms with Crippen LogP contribution in [0, 0.1) is 0 Å². The third kappa shape index (κ3) is 2.49. The highest BCUT2D eigenvalue weighted by atomic mass is 79.9. The number of benzene rings is 2. The van der Waals surface area contributed by atoms with Gasteiger partial charge in [-0.1, -0.05) is 47.1 Å². The van der Waals surface area contributed by atoms with Gasteiger partial charge < -0.3 is 10.6 Å². The number of halogens is 1. The quantitative estimate of drug-likeness (QED) is 0.867. The molecule has 1 heterocycles. The van der Waals surface area contributed by atoms with Gasteiger partial charge in [-0.05, 0) is 41.8 Å². The van der Waals surface area contributed by atoms with Gasteiger partial charge in [0.2, 0.25) is 5.91 Å². The number of hydrogen-bond donors (Lipinski definition) is 1. The number of aryl methyl sites for hydroxylation is 1. The minimum Gasteiger partial charge on any atom is -0.318 e. The van der Waals surface area contributed by atoms with Gasteiger partial charge >= 0.3 is 0 Å². The van der Waals surface area contributed by atoms with E-state index in [1.807, 2.05) is 36.4 Å². The molecule has 4 heteroatoms. The van der Waals surface area contributed by atoms with Crippen LogP contribution in [0.15, 0.2) is 53.0 Å². The van der Waals surface area contributed by atoms with Crippen LogP contribution >= 0.6 is 15.9 Å². The van der Waals surface area contributed by atoms with Gasteiger partial charge in [-0.15, -0.1) is 0 Å². The van der Waals surface area contributed by atoms with Crippen molar-refractivity contribution in [2.45, 2.75) is 25.4 Å². The summed E-state index contributed by atoms with van der Waals surface area (Å²) in [5.41, 5.74) is 9.25. The summed E-state index contributed by atoms with van der Waals surface area (Å²) in [5, 5.41) is 0. The van der Waals surface area contributed by atoms with E-state index < -0.39 is 6.04 Å². The molecule has 0 radical (unpaired) electrons. The predicted octanol–water partition coefficient (Wildman–Crippen LogP) is 3.43. The van der Waals surface area contributed by atoms with Gasteiger partial charge in [0.25, 0.3) is 0 Å². The number of nitrogens with two attached hydrogens (primary N) is 1. The van der Waals surface area contributed by atoms with Gasteiger partial charge in [0, 0.05) is 10.2 Å². The molecule has 0 saturated carbocycles. The fraction of sp³-hybridized carbons (Fsp3) is 0.235. The first-order valence-corrected chi connectivity index (χ1v) is 7.84. The van der Waals surface area contributed by atoms with Crippen molar-refractivity contribution < 1.29 is 4.79 Å². The maximum Gasteiger partial charge on any atom is 0.247 e. The molecule has 0 unspecified atom stereocenters. The number of amides is 1. The standard InChI is InChI=1S/C17H17BrN2O/c1-2-11-3-9-14(10-4-11)20-16(15(19)17(20)21)12-5-7-13(18)8-6-12/h3-10,15-16H,2,19H2,1H3/t15-,16+/m1/s1. The van der Waals surface area contributed by atoms with Crippen molar-refractivity contribution in [1.29, 1.82) is 0 Å². The van der Waals surface area contributed by atoms with Gasteiger partial charge in [0.15, 0.2) is 0 Å². The molecule has 3 nitrogen and oxygen atoms in total. The molecule has 0 aromatic heterocycles. The smallest absolute Gasteiger partial charge is 0.247 e. The SMILES string of the molecule is CCc1ccc(N2C(=O)[C@H](N)[C@@H]2c2ccc(Br)cc2)cc1. The Morgan fingerprint density at radius 3 is 2.29 bits per heavy atom. The van der Waals surface area contributed by atoms with Crippen LogP contribution in [0.3, 0.4) is 0 Å². The number of nitrogens with zero attached hydrogens (tertiary/aromatic N) is 1. The van der Waals surface area contributed by atoms with E-state index in [0.29, 0.717) is 0 Å². The zero-order valence-corrected chi connectivity index (χ0v) is 13.4. The summed E-state index contributed by atoms with van der Waals surface area (Å²) in [4.78, 5) is 13.9. The monoisotopic (exact) mass is 344 g/mol. The van der Waals surface area contributed by atoms with Crippen molar-refractivity contribution in [2.24, 2.45) is 5.73 Å². The molecule has 108 valence electrons. The van der Waals surface area contributed by atoms with E-state index >= 15 is 0 Å². The summed E-state index contributed by atoms with van der Waals surface area (Å²) in [5.74, 6) is -0.0211. The number of carbonyl (C=O) groups is 1. The van der Waals surface area contributed by atoms with Crippen molar-refractivity contribution in [3.05, 3.63) is 64.1 Å². The van der Waals surface area contributed by atoms with Gasteiger partial charge in [0.05, 0.1) is 6.04 Å². The fourth-order valence-corrected chi connectivity index (χ4v) is 2.97. The lowest BCUT2D eigenvalue weighted by atomic mass is 9.88. The maximum atomic E-state index is 12.2. The van der Waals surface area contributed by atoms with Crippen LogP contribution in [0.2, 0.25) is 0 Å². The average molecular weight is 345 g/mol. The summed E-state index contributed by atoms with van der Waals surface area (Å²) in [6.07, 6.45) is 0.990. The average Bonchev–Trinajstić information content (AvgIpc) is 2.53. The summed E-state index contributed by atoms with van der Waals surface area (Å²) in [6.45, 7) is 2.12. The highest BCUT2D eigenvalue weighted by Gasteiger charge is 2.46. The molecule has 3 rings (SSSR count). The maximum absolute atomic E-state index is 12.2. The summed E-state index contributed by atoms with van der Waals surface area (Å²) >= 11 is 3.43. The van der Waals surface area contributed by atoms with E-state index in [4.69, 9.17) is 5.73 Å². The Balaban J connectivity index is 1.92. The molecule has 0 bridgehead atoms. The summed E-state index contributed by atoms with van der Waals surface area (Å²) < 4.78 is 1.02. The number of β-lactam (4-membered cyclic amide) rings is 1. The van der Waals surface area contributed by atoms with E-state index in [0.717, 1.165) is 22.1 Å². The lowest BCUT2D eigenvalue weighted by Gasteiger charge is -2.45. The van der Waals surface area contributed by atoms with Crippen LogP contribution < -0.4 is 10.6 Å². The second-order valence-electron chi connectivity index (χ2n) is 5.25. The highest BCUT2D eigenvalue weighted by molar-refractivity contribution is 9.10. The largest absolute Gasteiger partial charge is 0.318 e. The molecule has 0 spiro atoms. The molecule has 2 N–H and O–H groups in total. The lowest BCUT2D eigenvalue weighted by Crippen LogP contribution is -2.63. The lowest BCUT2D eigenvalue weighted by molar-refractivity contribution is -0.126. The zero-order valence-electron chi connectivity index (χ0n) is 11.8. The molecule has 1 fully saturated rings. The van der Waals surface area contributed by atoms with Gasteiger partial charge in [-0.25, -0.2) is 0 Å². The molecule has 1 amide bonds. The number of hydrogen-bond acceptors (Lipinski definition) is 2. The van der Waals surface area contributed by atoms with E-state index in [-0.39, 0.29) is 11.9 Å².